The van der Waals surface area contributed by atoms with Gasteiger partial charge in [-0.15, -0.1) is 0 Å². The second-order valence-electron chi connectivity index (χ2n) is 1.68. The molecule has 0 N–H and O–H groups in total. The fourth-order valence-corrected chi connectivity index (χ4v) is 0.437. The van der Waals surface area contributed by atoms with Gasteiger partial charge < -0.3 is 14.6 Å². The van der Waals surface area contributed by atoms with Crippen LogP contribution in [0.5, 0.6) is 0 Å². The Bertz CT molecular complexity index is 135. The minimum absolute atomic E-state index is 0. The van der Waals surface area contributed by atoms with Crippen LogP contribution in [0.4, 0.5) is 0 Å². The van der Waals surface area contributed by atoms with Crippen molar-refractivity contribution in [2.45, 2.75) is 19.8 Å². The quantitative estimate of drug-likeness (QED) is 0.493. The molecule has 0 heterocycles. The largest absolute Gasteiger partial charge is 1.00 e. The van der Waals surface area contributed by atoms with Crippen LogP contribution in [0.1, 0.15) is 19.8 Å². The van der Waals surface area contributed by atoms with Crippen molar-refractivity contribution in [1.29, 1.82) is 0 Å². The van der Waals surface area contributed by atoms with Gasteiger partial charge in [0.15, 0.2) is 0 Å². The number of aliphatic carboxylic acids is 1. The van der Waals surface area contributed by atoms with Gasteiger partial charge in [-0.2, -0.15) is 0 Å². The molecular weight excluding hydrogens is 269 g/mol. The molecule has 0 saturated carbocycles. The number of carbonyl (C=O) groups excluding carboxylic acids is 2. The van der Waals surface area contributed by atoms with Gasteiger partial charge in [-0.25, -0.2) is 0 Å². The third-order valence-corrected chi connectivity index (χ3v) is 0.839. The zero-order valence-corrected chi connectivity index (χ0v) is 13.0. The van der Waals surface area contributed by atoms with Crippen molar-refractivity contribution < 1.29 is 88.3 Å². The normalized spacial score (nSPS) is 8.09. The molecule has 0 bridgehead atoms. The zero-order chi connectivity index (χ0) is 7.98. The van der Waals surface area contributed by atoms with Gasteiger partial charge in [-0.3, -0.25) is 4.79 Å². The van der Waals surface area contributed by atoms with Crippen LogP contribution < -0.4 is 74.0 Å². The summed E-state index contributed by atoms with van der Waals surface area (Å²) in [4.78, 5) is 20.2. The van der Waals surface area contributed by atoms with Crippen molar-refractivity contribution in [3.8, 4) is 0 Å². The predicted octanol–water partition coefficient (Wildman–Crippen LogP) is -3.92. The standard InChI is InChI=1S/C6H10O4.Cs/c1-2-10-6(9)4-3-5(7)8;/h2-4H2,1H3,(H,7,8);/q;+1/p-1. The van der Waals surface area contributed by atoms with Crippen molar-refractivity contribution in [2.24, 2.45) is 0 Å². The van der Waals surface area contributed by atoms with E-state index in [1.54, 1.807) is 6.92 Å². The van der Waals surface area contributed by atoms with Gasteiger partial charge in [-0.1, -0.05) is 0 Å². The molecule has 0 aromatic carbocycles. The van der Waals surface area contributed by atoms with Crippen molar-refractivity contribution in [3.63, 3.8) is 0 Å². The monoisotopic (exact) mass is 278 g/mol. The molecule has 0 aromatic rings. The first kappa shape index (κ1) is 14.5. The van der Waals surface area contributed by atoms with Crippen molar-refractivity contribution in [3.05, 3.63) is 0 Å². The number of carbonyl (C=O) groups is 2. The van der Waals surface area contributed by atoms with Gasteiger partial charge in [0, 0.05) is 5.97 Å². The van der Waals surface area contributed by atoms with Crippen molar-refractivity contribution >= 4 is 11.9 Å². The molecule has 0 aromatic heterocycles. The second-order valence-corrected chi connectivity index (χ2v) is 1.68. The van der Waals surface area contributed by atoms with Crippen LogP contribution in [-0.2, 0) is 14.3 Å². The molecule has 0 aliphatic carbocycles. The molecule has 0 rings (SSSR count). The van der Waals surface area contributed by atoms with Gasteiger partial charge in [0.05, 0.1) is 13.0 Å². The zero-order valence-electron chi connectivity index (χ0n) is 6.75. The third-order valence-electron chi connectivity index (χ3n) is 0.839. The number of carboxylic acids is 1. The van der Waals surface area contributed by atoms with Gasteiger partial charge >= 0.3 is 74.9 Å². The molecule has 0 radical (unpaired) electrons. The number of hydrogen-bond donors (Lipinski definition) is 0. The van der Waals surface area contributed by atoms with E-state index in [4.69, 9.17) is 0 Å². The topological polar surface area (TPSA) is 66.4 Å². The molecule has 0 fully saturated rings. The molecule has 0 saturated heterocycles. The van der Waals surface area contributed by atoms with Gasteiger partial charge in [0.1, 0.15) is 0 Å². The fraction of sp³-hybridized carbons (Fsp3) is 0.667. The minimum atomic E-state index is -1.23. The van der Waals surface area contributed by atoms with E-state index in [1.807, 2.05) is 0 Å². The molecule has 0 aliphatic rings. The van der Waals surface area contributed by atoms with E-state index < -0.39 is 11.9 Å². The summed E-state index contributed by atoms with van der Waals surface area (Å²) in [6.45, 7) is 1.95. The second kappa shape index (κ2) is 9.08. The predicted molar refractivity (Wildman–Crippen MR) is 30.9 cm³/mol. The molecule has 0 spiro atoms. The Kier molecular flexibility index (Phi) is 12.0. The Balaban J connectivity index is 0. The van der Waals surface area contributed by atoms with Gasteiger partial charge in [0.25, 0.3) is 0 Å². The molecule has 0 amide bonds. The number of hydrogen-bond acceptors (Lipinski definition) is 4. The summed E-state index contributed by atoms with van der Waals surface area (Å²) >= 11 is 0. The summed E-state index contributed by atoms with van der Waals surface area (Å²) in [6.07, 6.45) is -0.366. The van der Waals surface area contributed by atoms with Crippen LogP contribution in [0.2, 0.25) is 0 Å². The average molecular weight is 278 g/mol. The number of carboxylic acid groups (broad SMARTS) is 1. The van der Waals surface area contributed by atoms with Gasteiger partial charge in [-0.05, 0) is 13.3 Å². The molecule has 58 valence electrons. The Morgan fingerprint density at radius 3 is 2.27 bits per heavy atom. The fourth-order valence-electron chi connectivity index (χ4n) is 0.437. The van der Waals surface area contributed by atoms with Crippen LogP contribution in [0.15, 0.2) is 0 Å². The Hall–Kier alpha value is 0.992. The van der Waals surface area contributed by atoms with Crippen molar-refractivity contribution in [1.82, 2.24) is 0 Å². The average Bonchev–Trinajstić information content (AvgIpc) is 1.85. The number of ether oxygens (including phenoxy) is 1. The molecule has 0 aliphatic heterocycles. The minimum Gasteiger partial charge on any atom is -0.550 e. The van der Waals surface area contributed by atoms with E-state index in [9.17, 15) is 14.7 Å². The van der Waals surface area contributed by atoms with E-state index in [2.05, 4.69) is 4.74 Å². The summed E-state index contributed by atoms with van der Waals surface area (Å²) in [5, 5.41) is 9.79. The molecule has 0 unspecified atom stereocenters. The SMILES string of the molecule is CCOC(=O)CCC(=O)[O-].[Cs+]. The summed E-state index contributed by atoms with van der Waals surface area (Å²) in [6, 6.07) is 0. The number of rotatable bonds is 4. The van der Waals surface area contributed by atoms with Crippen LogP contribution in [0.3, 0.4) is 0 Å². The smallest absolute Gasteiger partial charge is 0.550 e. The van der Waals surface area contributed by atoms with Crippen LogP contribution in [-0.4, -0.2) is 18.5 Å². The molecular formula is C6H9CsO4. The third kappa shape index (κ3) is 11.0. The van der Waals surface area contributed by atoms with E-state index >= 15 is 0 Å². The van der Waals surface area contributed by atoms with Crippen LogP contribution >= 0.6 is 0 Å². The maximum Gasteiger partial charge on any atom is 1.00 e. The maximum absolute atomic E-state index is 10.4. The van der Waals surface area contributed by atoms with Crippen LogP contribution in [0.25, 0.3) is 0 Å². The molecule has 11 heavy (non-hydrogen) atoms. The molecule has 5 heteroatoms. The van der Waals surface area contributed by atoms with E-state index in [0.717, 1.165) is 0 Å². The Morgan fingerprint density at radius 2 is 1.91 bits per heavy atom. The molecule has 4 nitrogen and oxygen atoms in total. The maximum atomic E-state index is 10.4. The summed E-state index contributed by atoms with van der Waals surface area (Å²) < 4.78 is 4.46. The van der Waals surface area contributed by atoms with E-state index in [1.165, 1.54) is 0 Å². The Morgan fingerprint density at radius 1 is 1.36 bits per heavy atom. The molecule has 0 atom stereocenters. The number of esters is 1. The summed E-state index contributed by atoms with van der Waals surface area (Å²) in [7, 11) is 0. The first-order chi connectivity index (χ1) is 4.66. The Labute approximate surface area is 124 Å². The van der Waals surface area contributed by atoms with Crippen LogP contribution in [0, 0.1) is 0 Å². The van der Waals surface area contributed by atoms with Crippen molar-refractivity contribution in [2.75, 3.05) is 6.61 Å². The van der Waals surface area contributed by atoms with E-state index in [-0.39, 0.29) is 88.3 Å². The summed E-state index contributed by atoms with van der Waals surface area (Å²) in [5.74, 6) is -1.72. The summed E-state index contributed by atoms with van der Waals surface area (Å²) in [5.41, 5.74) is 0. The van der Waals surface area contributed by atoms with E-state index in [0.29, 0.717) is 0 Å². The first-order valence-corrected chi connectivity index (χ1v) is 3.02. The van der Waals surface area contributed by atoms with Gasteiger partial charge in [0.2, 0.25) is 0 Å². The first-order valence-electron chi connectivity index (χ1n) is 3.02.